The van der Waals surface area contributed by atoms with Crippen LogP contribution >= 0.6 is 0 Å². The molecule has 1 N–H and O–H groups in total. The number of H-pyrrole nitrogens is 1. The maximum Gasteiger partial charge on any atom is 0.251 e. The molecule has 0 radical (unpaired) electrons. The van der Waals surface area contributed by atoms with Crippen LogP contribution in [0.25, 0.3) is 11.4 Å². The van der Waals surface area contributed by atoms with E-state index in [1.165, 1.54) is 6.07 Å². The second-order valence-electron chi connectivity index (χ2n) is 4.60. The summed E-state index contributed by atoms with van der Waals surface area (Å²) in [5, 5.41) is 0. The third-order valence-electron chi connectivity index (χ3n) is 2.36. The molecule has 2 heterocycles. The quantitative estimate of drug-likeness (QED) is 0.869. The van der Waals surface area contributed by atoms with Gasteiger partial charge in [0.15, 0.2) is 0 Å². The van der Waals surface area contributed by atoms with Crippen LogP contribution in [0.2, 0.25) is 0 Å². The van der Waals surface area contributed by atoms with Gasteiger partial charge in [-0.1, -0.05) is 13.8 Å². The number of aryl methyl sites for hydroxylation is 1. The maximum atomic E-state index is 11.5. The van der Waals surface area contributed by atoms with E-state index in [4.69, 9.17) is 0 Å². The Kier molecular flexibility index (Phi) is 3.08. The van der Waals surface area contributed by atoms with Crippen molar-refractivity contribution in [3.8, 4) is 11.4 Å². The van der Waals surface area contributed by atoms with Gasteiger partial charge in [0, 0.05) is 25.7 Å². The smallest absolute Gasteiger partial charge is 0.251 e. The first-order chi connectivity index (χ1) is 8.04. The molecule has 90 valence electrons. The summed E-state index contributed by atoms with van der Waals surface area (Å²) < 4.78 is 1.83. The highest BCUT2D eigenvalue weighted by molar-refractivity contribution is 5.51. The van der Waals surface area contributed by atoms with Crippen LogP contribution in [0.3, 0.4) is 0 Å². The molecule has 0 fully saturated rings. The fourth-order valence-electron chi connectivity index (χ4n) is 1.67. The van der Waals surface area contributed by atoms with Crippen molar-refractivity contribution >= 4 is 0 Å². The van der Waals surface area contributed by atoms with Crippen LogP contribution < -0.4 is 5.56 Å². The highest BCUT2D eigenvalue weighted by Crippen LogP contribution is 2.12. The zero-order chi connectivity index (χ0) is 12.4. The van der Waals surface area contributed by atoms with Crippen molar-refractivity contribution < 1.29 is 0 Å². The topological polar surface area (TPSA) is 63.6 Å². The molecular weight excluding hydrogens is 216 g/mol. The lowest BCUT2D eigenvalue weighted by Gasteiger charge is -2.04. The molecule has 0 aliphatic heterocycles. The Labute approximate surface area is 99.6 Å². The molecule has 2 aromatic rings. The highest BCUT2D eigenvalue weighted by atomic mass is 16.1. The van der Waals surface area contributed by atoms with Gasteiger partial charge >= 0.3 is 0 Å². The Hall–Kier alpha value is -1.91. The number of imidazole rings is 1. The van der Waals surface area contributed by atoms with Crippen LogP contribution in [0.4, 0.5) is 0 Å². The Morgan fingerprint density at radius 2 is 2.18 bits per heavy atom. The summed E-state index contributed by atoms with van der Waals surface area (Å²) in [6.07, 6.45) is 4.30. The molecule has 0 unspecified atom stereocenters. The molecular formula is C12H16N4O. The van der Waals surface area contributed by atoms with Crippen molar-refractivity contribution in [3.05, 3.63) is 34.8 Å². The summed E-state index contributed by atoms with van der Waals surface area (Å²) in [5.41, 5.74) is 1.23. The van der Waals surface area contributed by atoms with Crippen molar-refractivity contribution in [3.63, 3.8) is 0 Å². The molecule has 0 saturated heterocycles. The van der Waals surface area contributed by atoms with Crippen LogP contribution in [0.1, 0.15) is 19.7 Å². The molecule has 0 aliphatic rings. The van der Waals surface area contributed by atoms with E-state index in [0.29, 0.717) is 17.4 Å². The van der Waals surface area contributed by atoms with E-state index in [1.807, 2.05) is 17.8 Å². The van der Waals surface area contributed by atoms with Gasteiger partial charge in [-0.25, -0.2) is 9.97 Å². The van der Waals surface area contributed by atoms with Gasteiger partial charge in [-0.3, -0.25) is 4.79 Å². The van der Waals surface area contributed by atoms with Gasteiger partial charge in [0.2, 0.25) is 0 Å². The van der Waals surface area contributed by atoms with Crippen LogP contribution in [0.15, 0.2) is 23.4 Å². The fraction of sp³-hybridized carbons (Fsp3) is 0.417. The SMILES string of the molecule is CC(C)Cc1nc(-c2cn(C)cn2)cc(=O)[nH]1. The Morgan fingerprint density at radius 1 is 1.41 bits per heavy atom. The molecule has 0 saturated carbocycles. The second kappa shape index (κ2) is 4.53. The number of hydrogen-bond donors (Lipinski definition) is 1. The van der Waals surface area contributed by atoms with Gasteiger partial charge in [-0.05, 0) is 5.92 Å². The minimum Gasteiger partial charge on any atom is -0.340 e. The van der Waals surface area contributed by atoms with Crippen LogP contribution in [0.5, 0.6) is 0 Å². The molecule has 5 nitrogen and oxygen atoms in total. The van der Waals surface area contributed by atoms with E-state index in [1.54, 1.807) is 6.33 Å². The molecule has 5 heteroatoms. The number of rotatable bonds is 3. The first-order valence-corrected chi connectivity index (χ1v) is 5.63. The van der Waals surface area contributed by atoms with Crippen molar-refractivity contribution in [1.29, 1.82) is 0 Å². The van der Waals surface area contributed by atoms with Gasteiger partial charge < -0.3 is 9.55 Å². The molecule has 0 amide bonds. The van der Waals surface area contributed by atoms with Crippen molar-refractivity contribution in [2.24, 2.45) is 13.0 Å². The van der Waals surface area contributed by atoms with E-state index >= 15 is 0 Å². The molecule has 0 aromatic carbocycles. The number of aromatic nitrogens is 4. The Balaban J connectivity index is 2.41. The first kappa shape index (κ1) is 11.6. The number of nitrogens with one attached hydrogen (secondary N) is 1. The average molecular weight is 232 g/mol. The lowest BCUT2D eigenvalue weighted by Crippen LogP contribution is -2.12. The van der Waals surface area contributed by atoms with E-state index in [9.17, 15) is 4.79 Å². The van der Waals surface area contributed by atoms with E-state index in [2.05, 4.69) is 28.8 Å². The van der Waals surface area contributed by atoms with E-state index in [0.717, 1.165) is 12.1 Å². The predicted octanol–water partition coefficient (Wildman–Crippen LogP) is 1.37. The summed E-state index contributed by atoms with van der Waals surface area (Å²) in [6, 6.07) is 1.48. The van der Waals surface area contributed by atoms with Crippen LogP contribution in [-0.4, -0.2) is 19.5 Å². The van der Waals surface area contributed by atoms with Gasteiger partial charge in [0.25, 0.3) is 5.56 Å². The summed E-state index contributed by atoms with van der Waals surface area (Å²) in [4.78, 5) is 22.9. The Bertz CT molecular complexity index is 568. The highest BCUT2D eigenvalue weighted by Gasteiger charge is 2.07. The normalized spacial score (nSPS) is 11.1. The second-order valence-corrected chi connectivity index (χ2v) is 4.60. The standard InChI is InChI=1S/C12H16N4O/c1-8(2)4-11-14-9(5-12(17)15-11)10-6-16(3)7-13-10/h5-8H,4H2,1-3H3,(H,14,15,17). The predicted molar refractivity (Wildman–Crippen MR) is 65.6 cm³/mol. The van der Waals surface area contributed by atoms with Gasteiger partial charge in [-0.15, -0.1) is 0 Å². The minimum atomic E-state index is -0.128. The molecule has 2 aromatic heterocycles. The average Bonchev–Trinajstić information content (AvgIpc) is 2.62. The number of nitrogens with zero attached hydrogens (tertiary/aromatic N) is 3. The molecule has 0 aliphatic carbocycles. The zero-order valence-electron chi connectivity index (χ0n) is 10.3. The van der Waals surface area contributed by atoms with Crippen molar-refractivity contribution in [1.82, 2.24) is 19.5 Å². The summed E-state index contributed by atoms with van der Waals surface area (Å²) in [5.74, 6) is 1.17. The third-order valence-corrected chi connectivity index (χ3v) is 2.36. The number of hydrogen-bond acceptors (Lipinski definition) is 3. The van der Waals surface area contributed by atoms with Crippen LogP contribution in [-0.2, 0) is 13.5 Å². The summed E-state index contributed by atoms with van der Waals surface area (Å²) >= 11 is 0. The van der Waals surface area contributed by atoms with Gasteiger partial charge in [0.1, 0.15) is 11.5 Å². The molecule has 0 atom stereocenters. The van der Waals surface area contributed by atoms with Crippen molar-refractivity contribution in [2.45, 2.75) is 20.3 Å². The van der Waals surface area contributed by atoms with E-state index < -0.39 is 0 Å². The van der Waals surface area contributed by atoms with Crippen LogP contribution in [0, 0.1) is 5.92 Å². The molecule has 0 spiro atoms. The summed E-state index contributed by atoms with van der Waals surface area (Å²) in [6.45, 7) is 4.18. The largest absolute Gasteiger partial charge is 0.340 e. The third kappa shape index (κ3) is 2.81. The van der Waals surface area contributed by atoms with E-state index in [-0.39, 0.29) is 5.56 Å². The molecule has 2 rings (SSSR count). The van der Waals surface area contributed by atoms with Gasteiger partial charge in [0.05, 0.1) is 12.0 Å². The maximum absolute atomic E-state index is 11.5. The monoisotopic (exact) mass is 232 g/mol. The lowest BCUT2D eigenvalue weighted by atomic mass is 10.1. The summed E-state index contributed by atoms with van der Waals surface area (Å²) in [7, 11) is 1.89. The molecule has 0 bridgehead atoms. The minimum absolute atomic E-state index is 0.128. The lowest BCUT2D eigenvalue weighted by molar-refractivity contribution is 0.619. The number of aromatic amines is 1. The fourth-order valence-corrected chi connectivity index (χ4v) is 1.67. The molecule has 17 heavy (non-hydrogen) atoms. The first-order valence-electron chi connectivity index (χ1n) is 5.63. The van der Waals surface area contributed by atoms with Gasteiger partial charge in [-0.2, -0.15) is 0 Å². The zero-order valence-corrected chi connectivity index (χ0v) is 10.3. The van der Waals surface area contributed by atoms with Crippen molar-refractivity contribution in [2.75, 3.05) is 0 Å². The Morgan fingerprint density at radius 3 is 2.76 bits per heavy atom.